The number of anilines is 2. The van der Waals surface area contributed by atoms with E-state index in [4.69, 9.17) is 0 Å². The van der Waals surface area contributed by atoms with Gasteiger partial charge in [-0.05, 0) is 36.4 Å². The van der Waals surface area contributed by atoms with E-state index in [1.54, 1.807) is 19.9 Å². The van der Waals surface area contributed by atoms with Gasteiger partial charge in [-0.25, -0.2) is 4.68 Å². The summed E-state index contributed by atoms with van der Waals surface area (Å²) in [4.78, 5) is 27.1. The molecule has 132 valence electrons. The largest absolute Gasteiger partial charge is 0.322 e. The fourth-order valence-corrected chi connectivity index (χ4v) is 2.95. The maximum atomic E-state index is 13.1. The van der Waals surface area contributed by atoms with Crippen LogP contribution in [0, 0.1) is 0 Å². The second kappa shape index (κ2) is 5.65. The Bertz CT molecular complexity index is 834. The zero-order valence-electron chi connectivity index (χ0n) is 15.1. The summed E-state index contributed by atoms with van der Waals surface area (Å²) < 4.78 is 1.49. The van der Waals surface area contributed by atoms with E-state index in [9.17, 15) is 9.59 Å². The molecule has 3 rings (SSSR count). The van der Waals surface area contributed by atoms with E-state index in [0.29, 0.717) is 17.2 Å². The molecular formula is C17H22N6O2. The van der Waals surface area contributed by atoms with Crippen molar-refractivity contribution in [2.24, 2.45) is 0 Å². The van der Waals surface area contributed by atoms with E-state index < -0.39 is 5.54 Å². The van der Waals surface area contributed by atoms with Crippen molar-refractivity contribution < 1.29 is 9.59 Å². The number of carbonyl (C=O) groups excluding carboxylic acids is 2. The van der Waals surface area contributed by atoms with E-state index in [1.807, 2.05) is 39.0 Å². The van der Waals surface area contributed by atoms with E-state index in [1.165, 1.54) is 9.58 Å². The summed E-state index contributed by atoms with van der Waals surface area (Å²) in [6.45, 7) is 9.35. The van der Waals surface area contributed by atoms with Gasteiger partial charge in [0, 0.05) is 5.41 Å². The van der Waals surface area contributed by atoms with Crippen LogP contribution in [0.4, 0.5) is 11.4 Å². The first-order valence-electron chi connectivity index (χ1n) is 8.12. The second-order valence-corrected chi connectivity index (χ2v) is 7.67. The predicted octanol–water partition coefficient (Wildman–Crippen LogP) is 1.73. The lowest BCUT2D eigenvalue weighted by molar-refractivity contribution is -0.127. The molecule has 0 aliphatic carbocycles. The number of amides is 2. The molecule has 0 radical (unpaired) electrons. The third-order valence-corrected chi connectivity index (χ3v) is 4.24. The number of aromatic nitrogens is 4. The minimum atomic E-state index is -1.01. The Hall–Kier alpha value is -2.77. The molecule has 0 unspecified atom stereocenters. The highest BCUT2D eigenvalue weighted by molar-refractivity contribution is 6.14. The van der Waals surface area contributed by atoms with Crippen LogP contribution in [-0.2, 0) is 21.5 Å². The van der Waals surface area contributed by atoms with Gasteiger partial charge in [0.2, 0.25) is 11.8 Å². The van der Waals surface area contributed by atoms with E-state index >= 15 is 0 Å². The standard InChI is InChI=1S/C17H22N6O2/c1-16(2,3)14-19-20-21-22(14)10-13(24)23-12-9-7-6-8-11(12)18-15(25)17(23,4)5/h6-9H,10H2,1-5H3,(H,18,25). The first-order chi connectivity index (χ1) is 11.6. The SMILES string of the molecule is CC(C)(C)c1nnnn1CC(=O)N1c2ccccc2NC(=O)C1(C)C. The minimum absolute atomic E-state index is 0.0371. The number of hydrogen-bond acceptors (Lipinski definition) is 5. The number of carbonyl (C=O) groups is 2. The van der Waals surface area contributed by atoms with Crippen LogP contribution in [-0.4, -0.2) is 37.6 Å². The van der Waals surface area contributed by atoms with Crippen LogP contribution in [0.2, 0.25) is 0 Å². The molecule has 2 amide bonds. The number of hydrogen-bond donors (Lipinski definition) is 1. The summed E-state index contributed by atoms with van der Waals surface area (Å²) >= 11 is 0. The van der Waals surface area contributed by atoms with Gasteiger partial charge in [-0.15, -0.1) is 5.10 Å². The summed E-state index contributed by atoms with van der Waals surface area (Å²) in [5.74, 6) is 0.144. The average Bonchev–Trinajstić information content (AvgIpc) is 2.96. The van der Waals surface area contributed by atoms with Crippen LogP contribution in [0.15, 0.2) is 24.3 Å². The summed E-state index contributed by atoms with van der Waals surface area (Å²) in [5, 5.41) is 14.5. The Morgan fingerprint density at radius 3 is 2.60 bits per heavy atom. The van der Waals surface area contributed by atoms with Crippen LogP contribution in [0.3, 0.4) is 0 Å². The van der Waals surface area contributed by atoms with E-state index in [2.05, 4.69) is 20.8 Å². The van der Waals surface area contributed by atoms with E-state index in [-0.39, 0.29) is 23.8 Å². The van der Waals surface area contributed by atoms with Crippen molar-refractivity contribution in [2.75, 3.05) is 10.2 Å². The summed E-state index contributed by atoms with van der Waals surface area (Å²) in [7, 11) is 0. The maximum Gasteiger partial charge on any atom is 0.250 e. The van der Waals surface area contributed by atoms with Crippen molar-refractivity contribution in [3.8, 4) is 0 Å². The highest BCUT2D eigenvalue weighted by Gasteiger charge is 2.43. The molecule has 1 aliphatic rings. The predicted molar refractivity (Wildman–Crippen MR) is 93.2 cm³/mol. The molecule has 0 atom stereocenters. The van der Waals surface area contributed by atoms with Crippen molar-refractivity contribution in [3.63, 3.8) is 0 Å². The molecule has 25 heavy (non-hydrogen) atoms. The lowest BCUT2D eigenvalue weighted by atomic mass is 9.95. The van der Waals surface area contributed by atoms with Gasteiger partial charge in [0.15, 0.2) is 5.82 Å². The fraction of sp³-hybridized carbons (Fsp3) is 0.471. The third-order valence-electron chi connectivity index (χ3n) is 4.24. The normalized spacial score (nSPS) is 16.4. The minimum Gasteiger partial charge on any atom is -0.322 e. The van der Waals surface area contributed by atoms with Gasteiger partial charge in [-0.2, -0.15) is 0 Å². The number of tetrazole rings is 1. The molecule has 0 saturated carbocycles. The van der Waals surface area contributed by atoms with Crippen molar-refractivity contribution in [1.29, 1.82) is 0 Å². The molecule has 0 saturated heterocycles. The molecule has 1 aromatic carbocycles. The first kappa shape index (κ1) is 17.1. The monoisotopic (exact) mass is 342 g/mol. The van der Waals surface area contributed by atoms with Crippen molar-refractivity contribution >= 4 is 23.2 Å². The molecule has 1 N–H and O–H groups in total. The molecule has 8 nitrogen and oxygen atoms in total. The van der Waals surface area contributed by atoms with Crippen LogP contribution >= 0.6 is 0 Å². The lowest BCUT2D eigenvalue weighted by Gasteiger charge is -2.42. The van der Waals surface area contributed by atoms with Gasteiger partial charge >= 0.3 is 0 Å². The van der Waals surface area contributed by atoms with Gasteiger partial charge < -0.3 is 5.32 Å². The Morgan fingerprint density at radius 1 is 1.24 bits per heavy atom. The summed E-state index contributed by atoms with van der Waals surface area (Å²) in [5.41, 5.74) is -0.0203. The van der Waals surface area contributed by atoms with Gasteiger partial charge in [-0.1, -0.05) is 32.9 Å². The molecule has 1 aromatic heterocycles. The number of nitrogens with zero attached hydrogens (tertiary/aromatic N) is 5. The molecular weight excluding hydrogens is 320 g/mol. The highest BCUT2D eigenvalue weighted by atomic mass is 16.2. The van der Waals surface area contributed by atoms with Gasteiger partial charge in [0.25, 0.3) is 0 Å². The summed E-state index contributed by atoms with van der Waals surface area (Å²) in [6.07, 6.45) is 0. The van der Waals surface area contributed by atoms with Crippen LogP contribution in [0.5, 0.6) is 0 Å². The zero-order chi connectivity index (χ0) is 18.4. The fourth-order valence-electron chi connectivity index (χ4n) is 2.95. The Morgan fingerprint density at radius 2 is 1.92 bits per heavy atom. The van der Waals surface area contributed by atoms with Crippen molar-refractivity contribution in [3.05, 3.63) is 30.1 Å². The Balaban J connectivity index is 1.99. The number of benzene rings is 1. The molecule has 8 heteroatoms. The second-order valence-electron chi connectivity index (χ2n) is 7.67. The number of fused-ring (bicyclic) bond motifs is 1. The first-order valence-corrected chi connectivity index (χ1v) is 8.12. The molecule has 2 heterocycles. The van der Waals surface area contributed by atoms with E-state index in [0.717, 1.165) is 0 Å². The van der Waals surface area contributed by atoms with Crippen LogP contribution < -0.4 is 10.2 Å². The van der Waals surface area contributed by atoms with Gasteiger partial charge in [0.1, 0.15) is 12.1 Å². The zero-order valence-corrected chi connectivity index (χ0v) is 15.1. The Labute approximate surface area is 146 Å². The summed E-state index contributed by atoms with van der Waals surface area (Å²) in [6, 6.07) is 7.25. The van der Waals surface area contributed by atoms with Crippen LogP contribution in [0.25, 0.3) is 0 Å². The average molecular weight is 342 g/mol. The van der Waals surface area contributed by atoms with Gasteiger partial charge in [0.05, 0.1) is 11.4 Å². The molecule has 0 fully saturated rings. The number of rotatable bonds is 2. The maximum absolute atomic E-state index is 13.1. The molecule has 1 aliphatic heterocycles. The molecule has 0 bridgehead atoms. The topological polar surface area (TPSA) is 93.0 Å². The molecule has 0 spiro atoms. The Kier molecular flexibility index (Phi) is 3.85. The van der Waals surface area contributed by atoms with Crippen molar-refractivity contribution in [2.45, 2.75) is 52.1 Å². The molecule has 2 aromatic rings. The quantitative estimate of drug-likeness (QED) is 0.897. The van der Waals surface area contributed by atoms with Crippen molar-refractivity contribution in [1.82, 2.24) is 20.2 Å². The number of para-hydroxylation sites is 2. The van der Waals surface area contributed by atoms with Gasteiger partial charge in [-0.3, -0.25) is 14.5 Å². The highest BCUT2D eigenvalue weighted by Crippen LogP contribution is 2.36. The third kappa shape index (κ3) is 2.88. The smallest absolute Gasteiger partial charge is 0.250 e. The van der Waals surface area contributed by atoms with Crippen LogP contribution in [0.1, 0.15) is 40.4 Å². The lowest BCUT2D eigenvalue weighted by Crippen LogP contribution is -2.59. The number of nitrogens with one attached hydrogen (secondary N) is 1.